The van der Waals surface area contributed by atoms with Gasteiger partial charge in [-0.1, -0.05) is 6.07 Å². The Bertz CT molecular complexity index is 676. The van der Waals surface area contributed by atoms with Gasteiger partial charge >= 0.3 is 0 Å². The summed E-state index contributed by atoms with van der Waals surface area (Å²) in [6, 6.07) is 9.33. The first-order valence-electron chi connectivity index (χ1n) is 4.95. The van der Waals surface area contributed by atoms with Crippen molar-refractivity contribution in [1.29, 1.82) is 0 Å². The number of nitrogens with one attached hydrogen (secondary N) is 2. The highest BCUT2D eigenvalue weighted by Gasteiger charge is 2.00. The molecule has 0 saturated heterocycles. The number of rotatable bonds is 1. The molecule has 78 valence electrons. The van der Waals surface area contributed by atoms with Crippen molar-refractivity contribution in [2.24, 2.45) is 0 Å². The minimum atomic E-state index is -0.0897. The fourth-order valence-electron chi connectivity index (χ4n) is 1.71. The van der Waals surface area contributed by atoms with Gasteiger partial charge in [-0.25, -0.2) is 0 Å². The van der Waals surface area contributed by atoms with E-state index in [-0.39, 0.29) is 5.56 Å². The van der Waals surface area contributed by atoms with Gasteiger partial charge in [0.25, 0.3) is 0 Å². The number of H-pyrrole nitrogens is 2. The van der Waals surface area contributed by atoms with E-state index in [2.05, 4.69) is 15.2 Å². The van der Waals surface area contributed by atoms with Gasteiger partial charge in [0.2, 0.25) is 5.56 Å². The number of fused-ring (bicyclic) bond motifs is 1. The predicted molar refractivity (Wildman–Crippen MR) is 62.2 cm³/mol. The van der Waals surface area contributed by atoms with Gasteiger partial charge in [-0.05, 0) is 29.3 Å². The molecule has 0 amide bonds. The molecule has 1 aromatic carbocycles. The first kappa shape index (κ1) is 8.91. The fraction of sp³-hybridized carbons (Fsp3) is 0. The lowest BCUT2D eigenvalue weighted by atomic mass is 10.1. The van der Waals surface area contributed by atoms with Crippen LogP contribution >= 0.6 is 0 Å². The van der Waals surface area contributed by atoms with Crippen LogP contribution in [0.15, 0.2) is 47.5 Å². The lowest BCUT2D eigenvalue weighted by Crippen LogP contribution is -2.01. The Kier molecular flexibility index (Phi) is 1.86. The third-order valence-corrected chi connectivity index (χ3v) is 2.56. The van der Waals surface area contributed by atoms with E-state index in [9.17, 15) is 4.79 Å². The third-order valence-electron chi connectivity index (χ3n) is 2.56. The molecule has 2 aromatic heterocycles. The Morgan fingerprint density at radius 1 is 1.06 bits per heavy atom. The van der Waals surface area contributed by atoms with Gasteiger partial charge in [0.1, 0.15) is 0 Å². The van der Waals surface area contributed by atoms with Gasteiger partial charge in [0.05, 0.1) is 11.7 Å². The largest absolute Gasteiger partial charge is 0.328 e. The zero-order valence-electron chi connectivity index (χ0n) is 8.40. The average molecular weight is 211 g/mol. The summed E-state index contributed by atoms with van der Waals surface area (Å²) in [4.78, 5) is 13.6. The number of pyridine rings is 1. The lowest BCUT2D eigenvalue weighted by Gasteiger charge is -2.00. The van der Waals surface area contributed by atoms with E-state index in [1.54, 1.807) is 18.5 Å². The lowest BCUT2D eigenvalue weighted by molar-refractivity contribution is 1.12. The highest BCUT2D eigenvalue weighted by molar-refractivity contribution is 5.83. The summed E-state index contributed by atoms with van der Waals surface area (Å²) in [7, 11) is 0. The van der Waals surface area contributed by atoms with Crippen LogP contribution in [-0.2, 0) is 0 Å². The SMILES string of the molecule is O=c1ccc(-c2ccc3[nH]ncc3c2)c[nH]1. The molecular formula is C12H9N3O. The van der Waals surface area contributed by atoms with Crippen molar-refractivity contribution in [3.05, 3.63) is 53.1 Å². The summed E-state index contributed by atoms with van der Waals surface area (Å²) in [6.07, 6.45) is 3.49. The quantitative estimate of drug-likeness (QED) is 0.646. The second-order valence-electron chi connectivity index (χ2n) is 3.61. The van der Waals surface area contributed by atoms with E-state index in [4.69, 9.17) is 0 Å². The van der Waals surface area contributed by atoms with Crippen LogP contribution in [0.5, 0.6) is 0 Å². The zero-order chi connectivity index (χ0) is 11.0. The maximum absolute atomic E-state index is 11.0. The summed E-state index contributed by atoms with van der Waals surface area (Å²) >= 11 is 0. The second-order valence-corrected chi connectivity index (χ2v) is 3.61. The smallest absolute Gasteiger partial charge is 0.247 e. The molecular weight excluding hydrogens is 202 g/mol. The summed E-state index contributed by atoms with van der Waals surface area (Å²) in [6.45, 7) is 0. The minimum absolute atomic E-state index is 0.0897. The van der Waals surface area contributed by atoms with Crippen LogP contribution in [0.25, 0.3) is 22.0 Å². The Morgan fingerprint density at radius 2 is 1.94 bits per heavy atom. The summed E-state index contributed by atoms with van der Waals surface area (Å²) in [5.41, 5.74) is 2.97. The van der Waals surface area contributed by atoms with Gasteiger partial charge < -0.3 is 4.98 Å². The molecule has 3 aromatic rings. The number of nitrogens with zero attached hydrogens (tertiary/aromatic N) is 1. The number of aromatic amines is 2. The summed E-state index contributed by atoms with van der Waals surface area (Å²) < 4.78 is 0. The van der Waals surface area contributed by atoms with Crippen molar-refractivity contribution in [3.8, 4) is 11.1 Å². The van der Waals surface area contributed by atoms with Crippen LogP contribution in [-0.4, -0.2) is 15.2 Å². The molecule has 0 unspecified atom stereocenters. The van der Waals surface area contributed by atoms with Crippen LogP contribution in [0, 0.1) is 0 Å². The Morgan fingerprint density at radius 3 is 2.75 bits per heavy atom. The molecule has 2 heterocycles. The maximum Gasteiger partial charge on any atom is 0.247 e. The van der Waals surface area contributed by atoms with Crippen molar-refractivity contribution in [2.75, 3.05) is 0 Å². The van der Waals surface area contributed by atoms with E-state index in [1.165, 1.54) is 6.07 Å². The molecule has 0 aliphatic rings. The highest BCUT2D eigenvalue weighted by atomic mass is 16.1. The van der Waals surface area contributed by atoms with Gasteiger partial charge in [0, 0.05) is 17.6 Å². The van der Waals surface area contributed by atoms with E-state index in [0.29, 0.717) is 0 Å². The van der Waals surface area contributed by atoms with Gasteiger partial charge in [-0.2, -0.15) is 5.10 Å². The van der Waals surface area contributed by atoms with Crippen molar-refractivity contribution in [1.82, 2.24) is 15.2 Å². The van der Waals surface area contributed by atoms with Crippen molar-refractivity contribution >= 4 is 10.9 Å². The molecule has 4 nitrogen and oxygen atoms in total. The normalized spacial score (nSPS) is 10.8. The van der Waals surface area contributed by atoms with Gasteiger partial charge in [-0.3, -0.25) is 9.89 Å². The number of hydrogen-bond donors (Lipinski definition) is 2. The molecule has 16 heavy (non-hydrogen) atoms. The molecule has 4 heteroatoms. The Hall–Kier alpha value is -2.36. The number of benzene rings is 1. The van der Waals surface area contributed by atoms with Crippen molar-refractivity contribution in [2.45, 2.75) is 0 Å². The third kappa shape index (κ3) is 1.40. The van der Waals surface area contributed by atoms with E-state index in [1.807, 2.05) is 18.2 Å². The van der Waals surface area contributed by atoms with E-state index >= 15 is 0 Å². The molecule has 0 fully saturated rings. The maximum atomic E-state index is 11.0. The van der Waals surface area contributed by atoms with Crippen LogP contribution < -0.4 is 5.56 Å². The Balaban J connectivity index is 2.17. The first-order chi connectivity index (χ1) is 7.83. The number of hydrogen-bond acceptors (Lipinski definition) is 2. The number of aromatic nitrogens is 3. The van der Waals surface area contributed by atoms with Gasteiger partial charge in [0.15, 0.2) is 0 Å². The van der Waals surface area contributed by atoms with Crippen molar-refractivity contribution < 1.29 is 0 Å². The standard InChI is InChI=1S/C12H9N3O/c16-12-4-2-9(6-13-12)8-1-3-11-10(5-8)7-14-15-11/h1-7H,(H,13,16)(H,14,15). The predicted octanol–water partition coefficient (Wildman–Crippen LogP) is 1.92. The van der Waals surface area contributed by atoms with Crippen LogP contribution in [0.1, 0.15) is 0 Å². The Labute approximate surface area is 90.9 Å². The molecule has 0 atom stereocenters. The first-order valence-corrected chi connectivity index (χ1v) is 4.95. The molecule has 3 rings (SSSR count). The molecule has 0 aliphatic heterocycles. The van der Waals surface area contributed by atoms with E-state index < -0.39 is 0 Å². The van der Waals surface area contributed by atoms with Gasteiger partial charge in [-0.15, -0.1) is 0 Å². The second kappa shape index (κ2) is 3.34. The van der Waals surface area contributed by atoms with E-state index in [0.717, 1.165) is 22.0 Å². The molecule has 0 radical (unpaired) electrons. The molecule has 2 N–H and O–H groups in total. The average Bonchev–Trinajstić information content (AvgIpc) is 2.77. The molecule has 0 spiro atoms. The van der Waals surface area contributed by atoms with Crippen molar-refractivity contribution in [3.63, 3.8) is 0 Å². The fourth-order valence-corrected chi connectivity index (χ4v) is 1.71. The zero-order valence-corrected chi connectivity index (χ0v) is 8.40. The molecule has 0 saturated carbocycles. The molecule has 0 aliphatic carbocycles. The monoisotopic (exact) mass is 211 g/mol. The summed E-state index contributed by atoms with van der Waals surface area (Å²) in [5.74, 6) is 0. The van der Waals surface area contributed by atoms with Crippen LogP contribution in [0.4, 0.5) is 0 Å². The highest BCUT2D eigenvalue weighted by Crippen LogP contribution is 2.21. The summed E-state index contributed by atoms with van der Waals surface area (Å²) in [5, 5.41) is 7.93. The minimum Gasteiger partial charge on any atom is -0.328 e. The topological polar surface area (TPSA) is 61.5 Å². The molecule has 0 bridgehead atoms. The van der Waals surface area contributed by atoms with Crippen LogP contribution in [0.2, 0.25) is 0 Å². The van der Waals surface area contributed by atoms with Crippen LogP contribution in [0.3, 0.4) is 0 Å².